The number of rotatable bonds is 4. The first kappa shape index (κ1) is 17.9. The molecule has 2 heterocycles. The fourth-order valence-corrected chi connectivity index (χ4v) is 5.17. The Labute approximate surface area is 158 Å². The summed E-state index contributed by atoms with van der Waals surface area (Å²) in [5, 5.41) is 2.21. The Balaban J connectivity index is 1.71. The molecular formula is C18H14F2N2O3S2. The Hall–Kier alpha value is -2.52. The molecule has 4 rings (SSSR count). The largest absolute Gasteiger partial charge is 0.489 e. The molecule has 0 aliphatic carbocycles. The lowest BCUT2D eigenvalue weighted by Gasteiger charge is -2.31. The van der Waals surface area contributed by atoms with Crippen molar-refractivity contribution >= 4 is 32.5 Å². The Morgan fingerprint density at radius 3 is 2.78 bits per heavy atom. The molecule has 0 radical (unpaired) electrons. The van der Waals surface area contributed by atoms with Gasteiger partial charge in [-0.2, -0.15) is 0 Å². The van der Waals surface area contributed by atoms with Gasteiger partial charge in [-0.1, -0.05) is 0 Å². The number of hydrogen-bond donors (Lipinski definition) is 0. The molecule has 2 aromatic carbocycles. The number of ether oxygens (including phenoxy) is 1. The number of nitrogens with zero attached hydrogens (tertiary/aromatic N) is 2. The molecule has 3 aromatic rings. The number of benzene rings is 2. The summed E-state index contributed by atoms with van der Waals surface area (Å²) in [6, 6.07) is 7.63. The molecule has 9 heteroatoms. The third-order valence-corrected chi connectivity index (χ3v) is 6.74. The molecule has 0 N–H and O–H groups in total. The van der Waals surface area contributed by atoms with E-state index in [-0.39, 0.29) is 22.9 Å². The van der Waals surface area contributed by atoms with E-state index in [2.05, 4.69) is 4.98 Å². The van der Waals surface area contributed by atoms with Gasteiger partial charge in [0, 0.05) is 23.7 Å². The van der Waals surface area contributed by atoms with Crippen molar-refractivity contribution in [1.82, 2.24) is 4.98 Å². The first-order chi connectivity index (χ1) is 12.9. The SMILES string of the molecule is O=S(=O)(Cc1nccs1)c1ccc2c(c1)OCCN2c1cc(F)ccc1F. The highest BCUT2D eigenvalue weighted by atomic mass is 32.2. The monoisotopic (exact) mass is 408 g/mol. The predicted octanol–water partition coefficient (Wildman–Crippen LogP) is 3.93. The number of sulfone groups is 1. The van der Waals surface area contributed by atoms with E-state index in [4.69, 9.17) is 4.74 Å². The summed E-state index contributed by atoms with van der Waals surface area (Å²) >= 11 is 1.27. The molecule has 0 spiro atoms. The summed E-state index contributed by atoms with van der Waals surface area (Å²) in [6.45, 7) is 0.539. The number of anilines is 2. The van der Waals surface area contributed by atoms with Crippen molar-refractivity contribution in [3.8, 4) is 5.75 Å². The average molecular weight is 408 g/mol. The third-order valence-electron chi connectivity index (χ3n) is 4.15. The Morgan fingerprint density at radius 2 is 2.00 bits per heavy atom. The molecule has 0 bridgehead atoms. The number of halogens is 2. The van der Waals surface area contributed by atoms with Crippen LogP contribution in [0.3, 0.4) is 0 Å². The van der Waals surface area contributed by atoms with Gasteiger partial charge in [0.1, 0.15) is 34.8 Å². The summed E-state index contributed by atoms with van der Waals surface area (Å²) in [5.74, 6) is -1.01. The van der Waals surface area contributed by atoms with Gasteiger partial charge < -0.3 is 9.64 Å². The minimum atomic E-state index is -3.60. The Kier molecular flexibility index (Phi) is 4.56. The summed E-state index contributed by atoms with van der Waals surface area (Å²) in [5.41, 5.74) is 0.567. The lowest BCUT2D eigenvalue weighted by Crippen LogP contribution is -2.29. The maximum absolute atomic E-state index is 14.2. The van der Waals surface area contributed by atoms with Gasteiger partial charge in [0.2, 0.25) is 0 Å². The molecule has 140 valence electrons. The lowest BCUT2D eigenvalue weighted by molar-refractivity contribution is 0.312. The predicted molar refractivity (Wildman–Crippen MR) is 98.3 cm³/mol. The summed E-state index contributed by atoms with van der Waals surface area (Å²) in [4.78, 5) is 5.68. The maximum Gasteiger partial charge on any atom is 0.185 e. The van der Waals surface area contributed by atoms with Crippen LogP contribution in [0.2, 0.25) is 0 Å². The van der Waals surface area contributed by atoms with Gasteiger partial charge in [0.15, 0.2) is 9.84 Å². The zero-order chi connectivity index (χ0) is 19.0. The van der Waals surface area contributed by atoms with Crippen LogP contribution in [0.1, 0.15) is 5.01 Å². The van der Waals surface area contributed by atoms with Crippen LogP contribution in [0, 0.1) is 11.6 Å². The van der Waals surface area contributed by atoms with Crippen LogP contribution in [-0.4, -0.2) is 26.6 Å². The Bertz CT molecular complexity index is 1090. The van der Waals surface area contributed by atoms with Crippen LogP contribution < -0.4 is 9.64 Å². The summed E-state index contributed by atoms with van der Waals surface area (Å²) in [7, 11) is -3.60. The summed E-state index contributed by atoms with van der Waals surface area (Å²) in [6.07, 6.45) is 1.55. The van der Waals surface area contributed by atoms with Gasteiger partial charge in [-0.3, -0.25) is 0 Å². The topological polar surface area (TPSA) is 59.5 Å². The average Bonchev–Trinajstić information content (AvgIpc) is 3.15. The lowest BCUT2D eigenvalue weighted by atomic mass is 10.2. The van der Waals surface area contributed by atoms with Crippen molar-refractivity contribution < 1.29 is 21.9 Å². The normalized spacial score (nSPS) is 13.9. The van der Waals surface area contributed by atoms with E-state index in [0.29, 0.717) is 23.0 Å². The second-order valence-electron chi connectivity index (χ2n) is 5.91. The van der Waals surface area contributed by atoms with Crippen molar-refractivity contribution in [2.45, 2.75) is 10.6 Å². The van der Waals surface area contributed by atoms with E-state index in [1.165, 1.54) is 23.5 Å². The fourth-order valence-electron chi connectivity index (χ4n) is 2.91. The van der Waals surface area contributed by atoms with Crippen molar-refractivity contribution in [2.75, 3.05) is 18.1 Å². The van der Waals surface area contributed by atoms with E-state index in [0.717, 1.165) is 18.2 Å². The van der Waals surface area contributed by atoms with Crippen molar-refractivity contribution in [1.29, 1.82) is 0 Å². The minimum absolute atomic E-state index is 0.0814. The molecule has 0 atom stereocenters. The highest BCUT2D eigenvalue weighted by Gasteiger charge is 2.25. The zero-order valence-electron chi connectivity index (χ0n) is 13.9. The van der Waals surface area contributed by atoms with Crippen LogP contribution >= 0.6 is 11.3 Å². The van der Waals surface area contributed by atoms with Crippen LogP contribution in [-0.2, 0) is 15.6 Å². The number of thiazole rings is 1. The first-order valence-corrected chi connectivity index (χ1v) is 10.6. The molecule has 27 heavy (non-hydrogen) atoms. The molecule has 1 aliphatic heterocycles. The van der Waals surface area contributed by atoms with Crippen LogP contribution in [0.4, 0.5) is 20.2 Å². The quantitative estimate of drug-likeness (QED) is 0.655. The minimum Gasteiger partial charge on any atom is -0.489 e. The van der Waals surface area contributed by atoms with Crippen molar-refractivity contribution in [3.63, 3.8) is 0 Å². The van der Waals surface area contributed by atoms with Gasteiger partial charge in [0.05, 0.1) is 22.8 Å². The molecule has 0 unspecified atom stereocenters. The summed E-state index contributed by atoms with van der Waals surface area (Å²) < 4.78 is 58.6. The maximum atomic E-state index is 14.2. The van der Waals surface area contributed by atoms with Gasteiger partial charge in [-0.05, 0) is 24.3 Å². The molecule has 0 saturated carbocycles. The number of hydrogen-bond acceptors (Lipinski definition) is 6. The van der Waals surface area contributed by atoms with E-state index in [1.807, 2.05) is 0 Å². The fraction of sp³-hybridized carbons (Fsp3) is 0.167. The highest BCUT2D eigenvalue weighted by Crippen LogP contribution is 2.39. The second kappa shape index (κ2) is 6.90. The van der Waals surface area contributed by atoms with Gasteiger partial charge in [-0.15, -0.1) is 11.3 Å². The molecule has 0 fully saturated rings. The smallest absolute Gasteiger partial charge is 0.185 e. The molecule has 0 saturated heterocycles. The van der Waals surface area contributed by atoms with Gasteiger partial charge >= 0.3 is 0 Å². The zero-order valence-corrected chi connectivity index (χ0v) is 15.6. The van der Waals surface area contributed by atoms with E-state index in [9.17, 15) is 17.2 Å². The molecule has 1 aromatic heterocycles. The van der Waals surface area contributed by atoms with Gasteiger partial charge in [-0.25, -0.2) is 22.2 Å². The van der Waals surface area contributed by atoms with Crippen molar-refractivity contribution in [2.24, 2.45) is 0 Å². The molecule has 5 nitrogen and oxygen atoms in total. The van der Waals surface area contributed by atoms with E-state index >= 15 is 0 Å². The Morgan fingerprint density at radius 1 is 1.15 bits per heavy atom. The molecular weight excluding hydrogens is 394 g/mol. The third kappa shape index (κ3) is 3.52. The number of fused-ring (bicyclic) bond motifs is 1. The van der Waals surface area contributed by atoms with Crippen molar-refractivity contribution in [3.05, 3.63) is 64.6 Å². The van der Waals surface area contributed by atoms with Crippen LogP contribution in [0.25, 0.3) is 0 Å². The molecule has 1 aliphatic rings. The number of aromatic nitrogens is 1. The van der Waals surface area contributed by atoms with Gasteiger partial charge in [0.25, 0.3) is 0 Å². The molecule has 0 amide bonds. The van der Waals surface area contributed by atoms with Crippen LogP contribution in [0.15, 0.2) is 52.9 Å². The second-order valence-corrected chi connectivity index (χ2v) is 8.88. The van der Waals surface area contributed by atoms with E-state index in [1.54, 1.807) is 22.5 Å². The first-order valence-electron chi connectivity index (χ1n) is 8.04. The highest BCUT2D eigenvalue weighted by molar-refractivity contribution is 7.90. The van der Waals surface area contributed by atoms with E-state index < -0.39 is 21.5 Å². The standard InChI is InChI=1S/C18H14F2N2O3S2/c19-12-1-3-14(20)16(9-12)22-6-7-25-17-10-13(2-4-15(17)22)27(23,24)11-18-21-5-8-26-18/h1-5,8-10H,6-7,11H2. The van der Waals surface area contributed by atoms with Crippen LogP contribution in [0.5, 0.6) is 5.75 Å².